The van der Waals surface area contributed by atoms with E-state index in [4.69, 9.17) is 10.4 Å². The highest BCUT2D eigenvalue weighted by Crippen LogP contribution is 2.37. The number of fused-ring (bicyclic) bond motifs is 1. The van der Waals surface area contributed by atoms with Gasteiger partial charge in [-0.05, 0) is 66.4 Å². The Bertz CT molecular complexity index is 1090. The number of aryl methyl sites for hydroxylation is 1. The van der Waals surface area contributed by atoms with Crippen molar-refractivity contribution in [3.05, 3.63) is 76.7 Å². The summed E-state index contributed by atoms with van der Waals surface area (Å²) < 4.78 is 0. The molecule has 2 aromatic carbocycles. The zero-order valence-electron chi connectivity index (χ0n) is 15.1. The van der Waals surface area contributed by atoms with E-state index in [0.29, 0.717) is 0 Å². The Morgan fingerprint density at radius 3 is 2.71 bits per heavy atom. The molecule has 0 fully saturated rings. The maximum atomic E-state index is 11.0. The monoisotopic (exact) mass is 386 g/mol. The highest BCUT2D eigenvalue weighted by molar-refractivity contribution is 7.16. The number of hydrogen-bond acceptors (Lipinski definition) is 4. The Labute approximate surface area is 167 Å². The van der Waals surface area contributed by atoms with E-state index in [9.17, 15) is 4.79 Å². The lowest BCUT2D eigenvalue weighted by Crippen LogP contribution is -2.24. The molecule has 4 nitrogen and oxygen atoms in total. The van der Waals surface area contributed by atoms with Crippen molar-refractivity contribution in [1.82, 2.24) is 0 Å². The summed E-state index contributed by atoms with van der Waals surface area (Å²) in [6.07, 6.45) is 3.57. The van der Waals surface area contributed by atoms with Crippen LogP contribution in [-0.2, 0) is 11.2 Å². The number of nitrogens with zero attached hydrogens (tertiary/aromatic N) is 2. The highest BCUT2D eigenvalue weighted by Gasteiger charge is 2.19. The summed E-state index contributed by atoms with van der Waals surface area (Å²) >= 11 is 1.49. The van der Waals surface area contributed by atoms with Crippen LogP contribution in [0.2, 0.25) is 0 Å². The van der Waals surface area contributed by atoms with E-state index in [1.165, 1.54) is 34.4 Å². The van der Waals surface area contributed by atoms with Gasteiger partial charge >= 0.3 is 5.97 Å². The van der Waals surface area contributed by atoms with Gasteiger partial charge in [0.25, 0.3) is 0 Å². The van der Waals surface area contributed by atoms with Gasteiger partial charge in [0, 0.05) is 27.7 Å². The Kier molecular flexibility index (Phi) is 4.96. The Morgan fingerprint density at radius 2 is 1.96 bits per heavy atom. The van der Waals surface area contributed by atoms with Crippen molar-refractivity contribution < 1.29 is 9.90 Å². The molecule has 0 radical (unpaired) electrons. The van der Waals surface area contributed by atoms with Crippen molar-refractivity contribution in [2.75, 3.05) is 11.4 Å². The first-order valence-electron chi connectivity index (χ1n) is 9.06. The summed E-state index contributed by atoms with van der Waals surface area (Å²) in [5.74, 6) is -1.20. The molecule has 138 valence electrons. The molecular formula is C23H18N2O2S. The topological polar surface area (TPSA) is 64.3 Å². The SMILES string of the molecule is N#C/C(=C\c1ccc(-c2ccc3c(c2)CCCN3c2ccccc2)s1)C(=O)O. The van der Waals surface area contributed by atoms with E-state index >= 15 is 0 Å². The van der Waals surface area contributed by atoms with Crippen molar-refractivity contribution in [2.24, 2.45) is 0 Å². The first-order valence-corrected chi connectivity index (χ1v) is 9.88. The van der Waals surface area contributed by atoms with Crippen LogP contribution < -0.4 is 4.90 Å². The number of anilines is 2. The van der Waals surface area contributed by atoms with Crippen LogP contribution in [0.3, 0.4) is 0 Å². The normalized spacial score (nSPS) is 13.7. The summed E-state index contributed by atoms with van der Waals surface area (Å²) in [6.45, 7) is 1.01. The predicted octanol–water partition coefficient (Wildman–Crippen LogP) is 5.49. The summed E-state index contributed by atoms with van der Waals surface area (Å²) in [4.78, 5) is 15.2. The van der Waals surface area contributed by atoms with E-state index in [-0.39, 0.29) is 5.57 Å². The molecule has 2 heterocycles. The molecule has 4 rings (SSSR count). The molecule has 1 aliphatic heterocycles. The fourth-order valence-corrected chi connectivity index (χ4v) is 4.44. The maximum absolute atomic E-state index is 11.0. The molecule has 0 amide bonds. The van der Waals surface area contributed by atoms with Crippen LogP contribution in [0.25, 0.3) is 16.5 Å². The smallest absolute Gasteiger partial charge is 0.346 e. The summed E-state index contributed by atoms with van der Waals surface area (Å²) in [5.41, 5.74) is 4.64. The zero-order chi connectivity index (χ0) is 19.5. The second-order valence-corrected chi connectivity index (χ2v) is 7.73. The van der Waals surface area contributed by atoms with Crippen LogP contribution in [-0.4, -0.2) is 17.6 Å². The van der Waals surface area contributed by atoms with Crippen LogP contribution in [0, 0.1) is 11.3 Å². The number of carbonyl (C=O) groups is 1. The fraction of sp³-hybridized carbons (Fsp3) is 0.130. The molecule has 1 N–H and O–H groups in total. The summed E-state index contributed by atoms with van der Waals surface area (Å²) in [7, 11) is 0. The Hall–Kier alpha value is -3.36. The van der Waals surface area contributed by atoms with Gasteiger partial charge in [-0.1, -0.05) is 24.3 Å². The molecule has 0 unspecified atom stereocenters. The third-order valence-corrected chi connectivity index (χ3v) is 5.90. The lowest BCUT2D eigenvalue weighted by molar-refractivity contribution is -0.132. The molecule has 0 atom stereocenters. The number of hydrogen-bond donors (Lipinski definition) is 1. The second-order valence-electron chi connectivity index (χ2n) is 6.61. The van der Waals surface area contributed by atoms with Gasteiger partial charge in [-0.2, -0.15) is 5.26 Å². The third kappa shape index (κ3) is 3.55. The lowest BCUT2D eigenvalue weighted by atomic mass is 9.98. The van der Waals surface area contributed by atoms with Gasteiger partial charge in [-0.15, -0.1) is 11.3 Å². The molecule has 0 bridgehead atoms. The maximum Gasteiger partial charge on any atom is 0.346 e. The fourth-order valence-electron chi connectivity index (χ4n) is 3.50. The first-order chi connectivity index (χ1) is 13.7. The largest absolute Gasteiger partial charge is 0.477 e. The van der Waals surface area contributed by atoms with Gasteiger partial charge < -0.3 is 10.0 Å². The average Bonchev–Trinajstić information content (AvgIpc) is 3.20. The average molecular weight is 386 g/mol. The lowest BCUT2D eigenvalue weighted by Gasteiger charge is -2.31. The molecule has 0 aliphatic carbocycles. The van der Waals surface area contributed by atoms with Crippen molar-refractivity contribution in [3.63, 3.8) is 0 Å². The van der Waals surface area contributed by atoms with Crippen LogP contribution in [0.15, 0.2) is 66.2 Å². The number of nitriles is 1. The molecule has 28 heavy (non-hydrogen) atoms. The zero-order valence-corrected chi connectivity index (χ0v) is 15.9. The molecule has 3 aromatic rings. The van der Waals surface area contributed by atoms with E-state index in [2.05, 4.69) is 47.4 Å². The van der Waals surface area contributed by atoms with E-state index in [1.54, 1.807) is 6.07 Å². The molecule has 5 heteroatoms. The summed E-state index contributed by atoms with van der Waals surface area (Å²) in [5, 5.41) is 18.0. The number of rotatable bonds is 4. The Balaban J connectivity index is 1.65. The second kappa shape index (κ2) is 7.71. The first kappa shape index (κ1) is 18.0. The van der Waals surface area contributed by atoms with Crippen molar-refractivity contribution >= 4 is 34.8 Å². The minimum absolute atomic E-state index is 0.252. The standard InChI is InChI=1S/C23H18N2O2S/c24-15-18(23(26)27)14-20-9-11-22(28-20)17-8-10-21-16(13-17)5-4-12-25(21)19-6-2-1-3-7-19/h1-3,6-11,13-14H,4-5,12H2,(H,26,27)/b18-14+. The van der Waals surface area contributed by atoms with Crippen molar-refractivity contribution in [3.8, 4) is 16.5 Å². The van der Waals surface area contributed by atoms with Crippen molar-refractivity contribution in [1.29, 1.82) is 5.26 Å². The van der Waals surface area contributed by atoms with Crippen LogP contribution in [0.1, 0.15) is 16.9 Å². The number of thiophene rings is 1. The molecule has 0 saturated carbocycles. The van der Waals surface area contributed by atoms with Crippen LogP contribution >= 0.6 is 11.3 Å². The quantitative estimate of drug-likeness (QED) is 0.476. The number of para-hydroxylation sites is 1. The van der Waals surface area contributed by atoms with E-state index in [1.807, 2.05) is 18.2 Å². The van der Waals surface area contributed by atoms with Gasteiger partial charge in [0.1, 0.15) is 11.6 Å². The highest BCUT2D eigenvalue weighted by atomic mass is 32.1. The minimum Gasteiger partial charge on any atom is -0.477 e. The minimum atomic E-state index is -1.20. The van der Waals surface area contributed by atoms with E-state index < -0.39 is 5.97 Å². The van der Waals surface area contributed by atoms with Gasteiger partial charge in [0.05, 0.1) is 0 Å². The molecule has 0 spiro atoms. The van der Waals surface area contributed by atoms with Gasteiger partial charge in [0.2, 0.25) is 0 Å². The van der Waals surface area contributed by atoms with Gasteiger partial charge in [-0.25, -0.2) is 4.79 Å². The van der Waals surface area contributed by atoms with Crippen LogP contribution in [0.5, 0.6) is 0 Å². The van der Waals surface area contributed by atoms with Crippen LogP contribution in [0.4, 0.5) is 11.4 Å². The number of benzene rings is 2. The molecule has 1 aliphatic rings. The number of carboxylic acid groups (broad SMARTS) is 1. The molecular weight excluding hydrogens is 368 g/mol. The Morgan fingerprint density at radius 1 is 1.14 bits per heavy atom. The summed E-state index contributed by atoms with van der Waals surface area (Å²) in [6, 6.07) is 22.5. The van der Waals surface area contributed by atoms with Gasteiger partial charge in [-0.3, -0.25) is 0 Å². The third-order valence-electron chi connectivity index (χ3n) is 4.81. The molecule has 0 saturated heterocycles. The van der Waals surface area contributed by atoms with Gasteiger partial charge in [0.15, 0.2) is 0 Å². The number of aliphatic carboxylic acids is 1. The van der Waals surface area contributed by atoms with E-state index in [0.717, 1.165) is 34.7 Å². The van der Waals surface area contributed by atoms with Crippen molar-refractivity contribution in [2.45, 2.75) is 12.8 Å². The predicted molar refractivity (Wildman–Crippen MR) is 113 cm³/mol. The molecule has 1 aromatic heterocycles. The number of carboxylic acids is 1.